The smallest absolute Gasteiger partial charge is 0.244 e. The Morgan fingerprint density at radius 3 is 2.76 bits per heavy atom. The van der Waals surface area contributed by atoms with E-state index >= 15 is 0 Å². The van der Waals surface area contributed by atoms with Crippen molar-refractivity contribution in [3.05, 3.63) is 65.7 Å². The van der Waals surface area contributed by atoms with Gasteiger partial charge in [0.1, 0.15) is 18.1 Å². The molecule has 0 aromatic heterocycles. The van der Waals surface area contributed by atoms with E-state index in [9.17, 15) is 4.79 Å². The normalized spacial score (nSPS) is 14.7. The van der Waals surface area contributed by atoms with E-state index in [1.165, 1.54) is 6.08 Å². The molecule has 0 bridgehead atoms. The van der Waals surface area contributed by atoms with Gasteiger partial charge < -0.3 is 19.5 Å². The molecule has 3 rings (SSSR count). The van der Waals surface area contributed by atoms with Crippen molar-refractivity contribution in [1.82, 2.24) is 10.2 Å². The predicted octanol–water partition coefficient (Wildman–Crippen LogP) is 2.74. The molecule has 1 amide bonds. The average Bonchev–Trinajstić information content (AvgIpc) is 2.77. The first-order chi connectivity index (χ1) is 14.2. The fraction of sp³-hybridized carbons (Fsp3) is 0.348. The maximum Gasteiger partial charge on any atom is 0.244 e. The Labute approximate surface area is 172 Å². The number of hydrogen-bond donors (Lipinski definition) is 1. The van der Waals surface area contributed by atoms with E-state index in [0.29, 0.717) is 13.2 Å². The second kappa shape index (κ2) is 11.2. The molecule has 6 nitrogen and oxygen atoms in total. The molecule has 0 unspecified atom stereocenters. The van der Waals surface area contributed by atoms with Gasteiger partial charge in [0.2, 0.25) is 5.91 Å². The van der Waals surface area contributed by atoms with Crippen LogP contribution in [0.25, 0.3) is 6.08 Å². The maximum atomic E-state index is 12.1. The van der Waals surface area contributed by atoms with Crippen LogP contribution in [0.5, 0.6) is 11.5 Å². The van der Waals surface area contributed by atoms with Gasteiger partial charge in [0.05, 0.1) is 20.3 Å². The SMILES string of the molecule is COc1cccc(/C=C/C(=O)NCc2cccc(OCCN3CCOCC3)c2)c1. The Morgan fingerprint density at radius 1 is 1.14 bits per heavy atom. The van der Waals surface area contributed by atoms with E-state index in [0.717, 1.165) is 55.5 Å². The van der Waals surface area contributed by atoms with E-state index in [2.05, 4.69) is 10.2 Å². The van der Waals surface area contributed by atoms with Gasteiger partial charge in [-0.3, -0.25) is 9.69 Å². The highest BCUT2D eigenvalue weighted by Gasteiger charge is 2.09. The molecule has 0 saturated carbocycles. The lowest BCUT2D eigenvalue weighted by atomic mass is 10.2. The standard InChI is InChI=1S/C23H28N2O4/c1-27-21-6-2-4-19(16-21)8-9-23(26)24-18-20-5-3-7-22(17-20)29-15-12-25-10-13-28-14-11-25/h2-9,16-17H,10-15,18H2,1H3,(H,24,26)/b9-8+. The summed E-state index contributed by atoms with van der Waals surface area (Å²) in [6.07, 6.45) is 3.29. The number of methoxy groups -OCH3 is 1. The third-order valence-corrected chi connectivity index (χ3v) is 4.67. The number of carbonyl (C=O) groups is 1. The summed E-state index contributed by atoms with van der Waals surface area (Å²) in [6, 6.07) is 15.4. The van der Waals surface area contributed by atoms with Crippen molar-refractivity contribution < 1.29 is 19.0 Å². The van der Waals surface area contributed by atoms with Gasteiger partial charge in [-0.25, -0.2) is 0 Å². The lowest BCUT2D eigenvalue weighted by Crippen LogP contribution is -2.38. The third-order valence-electron chi connectivity index (χ3n) is 4.67. The summed E-state index contributed by atoms with van der Waals surface area (Å²) in [5, 5.41) is 2.90. The summed E-state index contributed by atoms with van der Waals surface area (Å²) in [7, 11) is 1.62. The molecule has 1 N–H and O–H groups in total. The summed E-state index contributed by atoms with van der Waals surface area (Å²) in [5.41, 5.74) is 1.91. The van der Waals surface area contributed by atoms with Gasteiger partial charge in [-0.15, -0.1) is 0 Å². The van der Waals surface area contributed by atoms with Crippen LogP contribution in [0, 0.1) is 0 Å². The number of benzene rings is 2. The topological polar surface area (TPSA) is 60.0 Å². The minimum atomic E-state index is -0.147. The van der Waals surface area contributed by atoms with E-state index in [-0.39, 0.29) is 5.91 Å². The van der Waals surface area contributed by atoms with Gasteiger partial charge in [0.25, 0.3) is 0 Å². The van der Waals surface area contributed by atoms with Crippen molar-refractivity contribution >= 4 is 12.0 Å². The zero-order valence-corrected chi connectivity index (χ0v) is 16.8. The minimum Gasteiger partial charge on any atom is -0.497 e. The Kier molecular flexibility index (Phi) is 8.10. The van der Waals surface area contributed by atoms with Crippen LogP contribution in [0.4, 0.5) is 0 Å². The van der Waals surface area contributed by atoms with Crippen molar-refractivity contribution in [2.75, 3.05) is 46.6 Å². The molecule has 1 saturated heterocycles. The molecule has 0 atom stereocenters. The van der Waals surface area contributed by atoms with Crippen LogP contribution in [-0.2, 0) is 16.1 Å². The molecule has 154 valence electrons. The van der Waals surface area contributed by atoms with Crippen LogP contribution in [0.15, 0.2) is 54.6 Å². The summed E-state index contributed by atoms with van der Waals surface area (Å²) >= 11 is 0. The number of nitrogens with zero attached hydrogens (tertiary/aromatic N) is 1. The number of morpholine rings is 1. The van der Waals surface area contributed by atoms with Crippen molar-refractivity contribution in [1.29, 1.82) is 0 Å². The Morgan fingerprint density at radius 2 is 1.93 bits per heavy atom. The number of rotatable bonds is 9. The average molecular weight is 396 g/mol. The third kappa shape index (κ3) is 7.25. The first kappa shape index (κ1) is 20.9. The van der Waals surface area contributed by atoms with Crippen LogP contribution in [0.1, 0.15) is 11.1 Å². The second-order valence-corrected chi connectivity index (χ2v) is 6.78. The molecule has 2 aromatic rings. The van der Waals surface area contributed by atoms with Gasteiger partial charge in [-0.2, -0.15) is 0 Å². The zero-order chi connectivity index (χ0) is 20.3. The van der Waals surface area contributed by atoms with Gasteiger partial charge in [-0.1, -0.05) is 24.3 Å². The monoisotopic (exact) mass is 396 g/mol. The van der Waals surface area contributed by atoms with Crippen LogP contribution >= 0.6 is 0 Å². The first-order valence-electron chi connectivity index (χ1n) is 9.85. The highest BCUT2D eigenvalue weighted by atomic mass is 16.5. The van der Waals surface area contributed by atoms with E-state index in [1.807, 2.05) is 48.5 Å². The van der Waals surface area contributed by atoms with E-state index in [4.69, 9.17) is 14.2 Å². The van der Waals surface area contributed by atoms with Crippen LogP contribution in [0.2, 0.25) is 0 Å². The highest BCUT2D eigenvalue weighted by Crippen LogP contribution is 2.14. The molecule has 6 heteroatoms. The van der Waals surface area contributed by atoms with Crippen molar-refractivity contribution in [2.24, 2.45) is 0 Å². The fourth-order valence-corrected chi connectivity index (χ4v) is 3.03. The number of nitrogens with one attached hydrogen (secondary N) is 1. The Balaban J connectivity index is 1.43. The first-order valence-corrected chi connectivity index (χ1v) is 9.85. The van der Waals surface area contributed by atoms with Crippen LogP contribution < -0.4 is 14.8 Å². The molecule has 1 aliphatic rings. The fourth-order valence-electron chi connectivity index (χ4n) is 3.03. The molecular weight excluding hydrogens is 368 g/mol. The summed E-state index contributed by atoms with van der Waals surface area (Å²) < 4.78 is 16.4. The molecule has 0 aliphatic carbocycles. The molecule has 1 fully saturated rings. The van der Waals surface area contributed by atoms with Crippen LogP contribution in [-0.4, -0.2) is 57.4 Å². The summed E-state index contributed by atoms with van der Waals surface area (Å²) in [6.45, 7) is 5.47. The number of amides is 1. The molecule has 1 heterocycles. The lowest BCUT2D eigenvalue weighted by molar-refractivity contribution is -0.116. The van der Waals surface area contributed by atoms with Crippen molar-refractivity contribution in [3.63, 3.8) is 0 Å². The number of hydrogen-bond acceptors (Lipinski definition) is 5. The van der Waals surface area contributed by atoms with Crippen LogP contribution in [0.3, 0.4) is 0 Å². The van der Waals surface area contributed by atoms with Crippen molar-refractivity contribution in [3.8, 4) is 11.5 Å². The maximum absolute atomic E-state index is 12.1. The number of carbonyl (C=O) groups excluding carboxylic acids is 1. The lowest BCUT2D eigenvalue weighted by Gasteiger charge is -2.26. The largest absolute Gasteiger partial charge is 0.497 e. The Bertz CT molecular complexity index is 816. The van der Waals surface area contributed by atoms with Gasteiger partial charge >= 0.3 is 0 Å². The van der Waals surface area contributed by atoms with Gasteiger partial charge in [0, 0.05) is 32.3 Å². The zero-order valence-electron chi connectivity index (χ0n) is 16.8. The molecule has 1 aliphatic heterocycles. The second-order valence-electron chi connectivity index (χ2n) is 6.78. The highest BCUT2D eigenvalue weighted by molar-refractivity contribution is 5.91. The minimum absolute atomic E-state index is 0.147. The Hall–Kier alpha value is -2.83. The molecule has 0 spiro atoms. The summed E-state index contributed by atoms with van der Waals surface area (Å²) in [5.74, 6) is 1.43. The number of ether oxygens (including phenoxy) is 3. The quantitative estimate of drug-likeness (QED) is 0.661. The van der Waals surface area contributed by atoms with E-state index < -0.39 is 0 Å². The van der Waals surface area contributed by atoms with Crippen molar-refractivity contribution in [2.45, 2.75) is 6.54 Å². The molecule has 2 aromatic carbocycles. The van der Waals surface area contributed by atoms with Gasteiger partial charge in [-0.05, 0) is 41.5 Å². The molecule has 0 radical (unpaired) electrons. The molecular formula is C23H28N2O4. The summed E-state index contributed by atoms with van der Waals surface area (Å²) in [4.78, 5) is 14.4. The van der Waals surface area contributed by atoms with E-state index in [1.54, 1.807) is 13.2 Å². The predicted molar refractivity (Wildman–Crippen MR) is 113 cm³/mol. The molecule has 29 heavy (non-hydrogen) atoms. The van der Waals surface area contributed by atoms with Gasteiger partial charge in [0.15, 0.2) is 0 Å².